The van der Waals surface area contributed by atoms with E-state index < -0.39 is 0 Å². The lowest BCUT2D eigenvalue weighted by Crippen LogP contribution is -2.35. The quantitative estimate of drug-likeness (QED) is 0.262. The Kier molecular flexibility index (Phi) is 8.39. The number of aromatic nitrogens is 1. The number of carbonyl (C=O) groups is 1. The first-order valence-corrected chi connectivity index (χ1v) is 13.6. The number of morpholine rings is 1. The predicted molar refractivity (Wildman–Crippen MR) is 158 cm³/mol. The molecule has 0 aliphatic carbocycles. The van der Waals surface area contributed by atoms with Crippen LogP contribution in [0.1, 0.15) is 37.4 Å². The number of benzene rings is 3. The van der Waals surface area contributed by atoms with Crippen LogP contribution in [0, 0.1) is 0 Å². The second-order valence-electron chi connectivity index (χ2n) is 9.98. The lowest BCUT2D eigenvalue weighted by Gasteiger charge is -2.26. The Morgan fingerprint density at radius 1 is 1.00 bits per heavy atom. The highest BCUT2D eigenvalue weighted by Gasteiger charge is 2.15. The van der Waals surface area contributed by atoms with E-state index in [0.29, 0.717) is 17.4 Å². The van der Waals surface area contributed by atoms with Gasteiger partial charge in [0.25, 0.3) is 0 Å². The zero-order valence-corrected chi connectivity index (χ0v) is 22.9. The maximum Gasteiger partial charge on any atom is 0.323 e. The lowest BCUT2D eigenvalue weighted by molar-refractivity contribution is 0.0336. The zero-order chi connectivity index (χ0) is 27.2. The summed E-state index contributed by atoms with van der Waals surface area (Å²) < 4.78 is 10.9. The first kappa shape index (κ1) is 26.7. The number of hydrogen-bond donors (Lipinski definition) is 2. The normalized spacial score (nSPS) is 14.6. The van der Waals surface area contributed by atoms with Gasteiger partial charge in [0.1, 0.15) is 5.75 Å². The highest BCUT2D eigenvalue weighted by Crippen LogP contribution is 2.34. The molecule has 7 heteroatoms. The van der Waals surface area contributed by atoms with E-state index >= 15 is 0 Å². The SMILES string of the molecule is CCC(C)c1ccc(OC)c(NC(=O)Nc2ccc(-c3ccc(CN4CCOCC4)nc3)c3ccccc23)c1. The van der Waals surface area contributed by atoms with Gasteiger partial charge < -0.3 is 20.1 Å². The number of ether oxygens (including phenoxy) is 2. The molecule has 39 heavy (non-hydrogen) atoms. The molecule has 5 rings (SSSR count). The number of nitrogens with zero attached hydrogens (tertiary/aromatic N) is 2. The summed E-state index contributed by atoms with van der Waals surface area (Å²) in [7, 11) is 1.61. The van der Waals surface area contributed by atoms with Crippen LogP contribution in [0.3, 0.4) is 0 Å². The Morgan fingerprint density at radius 3 is 2.49 bits per heavy atom. The molecule has 0 bridgehead atoms. The largest absolute Gasteiger partial charge is 0.495 e. The van der Waals surface area contributed by atoms with Crippen LogP contribution in [0.25, 0.3) is 21.9 Å². The number of methoxy groups -OCH3 is 1. The maximum absolute atomic E-state index is 13.1. The highest BCUT2D eigenvalue weighted by atomic mass is 16.5. The first-order chi connectivity index (χ1) is 19.1. The van der Waals surface area contributed by atoms with Gasteiger partial charge in [-0.1, -0.05) is 56.3 Å². The van der Waals surface area contributed by atoms with Gasteiger partial charge in [0, 0.05) is 36.8 Å². The predicted octanol–water partition coefficient (Wildman–Crippen LogP) is 6.90. The second-order valence-corrected chi connectivity index (χ2v) is 9.98. The van der Waals surface area contributed by atoms with Crippen LogP contribution >= 0.6 is 0 Å². The van der Waals surface area contributed by atoms with Crippen molar-refractivity contribution in [1.29, 1.82) is 0 Å². The summed E-state index contributed by atoms with van der Waals surface area (Å²) in [5.74, 6) is 1.01. The number of urea groups is 1. The average Bonchev–Trinajstić information content (AvgIpc) is 2.98. The van der Waals surface area contributed by atoms with Crippen molar-refractivity contribution in [3.8, 4) is 16.9 Å². The molecule has 0 spiro atoms. The van der Waals surface area contributed by atoms with Gasteiger partial charge in [-0.15, -0.1) is 0 Å². The van der Waals surface area contributed by atoms with Crippen molar-refractivity contribution in [3.63, 3.8) is 0 Å². The van der Waals surface area contributed by atoms with Crippen LogP contribution < -0.4 is 15.4 Å². The van der Waals surface area contributed by atoms with Crippen LogP contribution in [0.4, 0.5) is 16.2 Å². The second kappa shape index (κ2) is 12.3. The van der Waals surface area contributed by atoms with Crippen molar-refractivity contribution in [2.24, 2.45) is 0 Å². The van der Waals surface area contributed by atoms with Crippen molar-refractivity contribution in [2.75, 3.05) is 44.0 Å². The van der Waals surface area contributed by atoms with E-state index in [2.05, 4.69) is 47.6 Å². The molecule has 1 saturated heterocycles. The Morgan fingerprint density at radius 2 is 1.77 bits per heavy atom. The Balaban J connectivity index is 1.35. The van der Waals surface area contributed by atoms with E-state index in [9.17, 15) is 4.79 Å². The van der Waals surface area contributed by atoms with Crippen molar-refractivity contribution < 1.29 is 14.3 Å². The molecule has 3 aromatic carbocycles. The van der Waals surface area contributed by atoms with Gasteiger partial charge in [0.15, 0.2) is 0 Å². The number of fused-ring (bicyclic) bond motifs is 1. The third-order valence-electron chi connectivity index (χ3n) is 7.45. The van der Waals surface area contributed by atoms with Crippen molar-refractivity contribution in [2.45, 2.75) is 32.7 Å². The van der Waals surface area contributed by atoms with Crippen LogP contribution in [0.15, 0.2) is 72.9 Å². The van der Waals surface area contributed by atoms with Gasteiger partial charge in [0.2, 0.25) is 0 Å². The monoisotopic (exact) mass is 524 g/mol. The van der Waals surface area contributed by atoms with Crippen molar-refractivity contribution in [1.82, 2.24) is 9.88 Å². The molecule has 1 unspecified atom stereocenters. The molecule has 0 saturated carbocycles. The lowest BCUT2D eigenvalue weighted by atomic mass is 9.98. The third kappa shape index (κ3) is 6.21. The summed E-state index contributed by atoms with van der Waals surface area (Å²) in [5, 5.41) is 8.04. The fourth-order valence-electron chi connectivity index (χ4n) is 4.97. The summed E-state index contributed by atoms with van der Waals surface area (Å²) in [4.78, 5) is 20.2. The number of hydrogen-bond acceptors (Lipinski definition) is 5. The van der Waals surface area contributed by atoms with Gasteiger partial charge in [-0.05, 0) is 53.1 Å². The highest BCUT2D eigenvalue weighted by molar-refractivity contribution is 6.10. The average molecular weight is 525 g/mol. The van der Waals surface area contributed by atoms with Crippen LogP contribution in [0.2, 0.25) is 0 Å². The summed E-state index contributed by atoms with van der Waals surface area (Å²) >= 11 is 0. The van der Waals surface area contributed by atoms with E-state index in [1.165, 1.54) is 0 Å². The molecule has 0 radical (unpaired) electrons. The molecule has 1 aliphatic rings. The maximum atomic E-state index is 13.1. The van der Waals surface area contributed by atoms with E-state index in [1.54, 1.807) is 7.11 Å². The summed E-state index contributed by atoms with van der Waals surface area (Å²) in [6.07, 6.45) is 2.95. The number of carbonyl (C=O) groups excluding carboxylic acids is 1. The Bertz CT molecular complexity index is 1430. The van der Waals surface area contributed by atoms with Crippen LogP contribution in [0.5, 0.6) is 5.75 Å². The molecule has 1 fully saturated rings. The van der Waals surface area contributed by atoms with Gasteiger partial charge in [-0.25, -0.2) is 4.79 Å². The minimum atomic E-state index is -0.318. The molecule has 1 aliphatic heterocycles. The molecule has 202 valence electrons. The zero-order valence-electron chi connectivity index (χ0n) is 22.9. The Hall–Kier alpha value is -3.94. The van der Waals surface area contributed by atoms with E-state index in [1.807, 2.05) is 54.7 Å². The Labute approximate surface area is 230 Å². The van der Waals surface area contributed by atoms with Crippen LogP contribution in [-0.2, 0) is 11.3 Å². The van der Waals surface area contributed by atoms with Gasteiger partial charge in [-0.2, -0.15) is 0 Å². The van der Waals surface area contributed by atoms with E-state index in [4.69, 9.17) is 14.5 Å². The minimum Gasteiger partial charge on any atom is -0.495 e. The van der Waals surface area contributed by atoms with Gasteiger partial charge >= 0.3 is 6.03 Å². The molecule has 4 aromatic rings. The molecule has 1 aromatic heterocycles. The number of nitrogens with one attached hydrogen (secondary N) is 2. The van der Waals surface area contributed by atoms with E-state index in [-0.39, 0.29) is 6.03 Å². The summed E-state index contributed by atoms with van der Waals surface area (Å²) in [6.45, 7) is 8.58. The van der Waals surface area contributed by atoms with Crippen molar-refractivity contribution in [3.05, 3.63) is 84.2 Å². The van der Waals surface area contributed by atoms with Gasteiger partial charge in [-0.3, -0.25) is 9.88 Å². The van der Waals surface area contributed by atoms with Crippen molar-refractivity contribution >= 4 is 28.2 Å². The number of rotatable bonds is 8. The molecule has 2 amide bonds. The van der Waals surface area contributed by atoms with Crippen LogP contribution in [-0.4, -0.2) is 49.3 Å². The van der Waals surface area contributed by atoms with E-state index in [0.717, 1.165) is 78.1 Å². The third-order valence-corrected chi connectivity index (χ3v) is 7.45. The summed E-state index contributed by atoms with van der Waals surface area (Å²) in [5.41, 5.74) is 5.71. The molecule has 2 N–H and O–H groups in total. The smallest absolute Gasteiger partial charge is 0.323 e. The fraction of sp³-hybridized carbons (Fsp3) is 0.312. The molecule has 1 atom stereocenters. The number of amides is 2. The topological polar surface area (TPSA) is 75.7 Å². The molecule has 2 heterocycles. The molecular formula is C32H36N4O3. The summed E-state index contributed by atoms with van der Waals surface area (Å²) in [6, 6.07) is 21.9. The molecule has 7 nitrogen and oxygen atoms in total. The minimum absolute atomic E-state index is 0.318. The number of anilines is 2. The molecular weight excluding hydrogens is 488 g/mol. The van der Waals surface area contributed by atoms with Gasteiger partial charge in [0.05, 0.1) is 37.4 Å². The number of pyridine rings is 1. The standard InChI is InChI=1S/C32H36N4O3/c1-4-22(2)23-10-14-31(38-3)30(19-23)35-32(37)34-29-13-12-26(27-7-5-6-8-28(27)29)24-9-11-25(33-20-24)21-36-15-17-39-18-16-36/h5-14,19-20,22H,4,15-18,21H2,1-3H3,(H2,34,35,37). The first-order valence-electron chi connectivity index (χ1n) is 13.6. The fourth-order valence-corrected chi connectivity index (χ4v) is 4.97.